The van der Waals surface area contributed by atoms with Crippen LogP contribution in [0, 0.1) is 69.2 Å². The summed E-state index contributed by atoms with van der Waals surface area (Å²) in [6.45, 7) is 21.9. The first-order chi connectivity index (χ1) is 15.0. The van der Waals surface area contributed by atoms with Gasteiger partial charge in [-0.25, -0.2) is 0 Å². The summed E-state index contributed by atoms with van der Waals surface area (Å²) in [5.41, 5.74) is 19.5. The van der Waals surface area contributed by atoms with Crippen LogP contribution in [0.2, 0.25) is 0 Å². The monoisotopic (exact) mass is 478 g/mol. The van der Waals surface area contributed by atoms with E-state index in [1.165, 1.54) is 77.9 Å². The van der Waals surface area contributed by atoms with Crippen LogP contribution in [0.5, 0.6) is 0 Å². The normalized spacial score (nSPS) is 10.5. The van der Waals surface area contributed by atoms with Crippen LogP contribution >= 0.6 is 0 Å². The predicted octanol–water partition coefficient (Wildman–Crippen LogP) is 9.23. The molecule has 0 aliphatic carbocycles. The third kappa shape index (κ3) is 5.60. The Bertz CT molecular complexity index is 1080. The van der Waals surface area contributed by atoms with Crippen molar-refractivity contribution in [3.05, 3.63) is 104 Å². The third-order valence-corrected chi connectivity index (χ3v) is 6.60. The van der Waals surface area contributed by atoms with Gasteiger partial charge in [-0.05, 0) is 27.7 Å². The maximum atomic E-state index is 2.27. The standard InChI is InChI=1S/2C16H19.Fe/c2*1-10-8-13(4)16(14(5)9-10)15-11(2)6-7-12(15)3;/h2*6-9H,1-5H3;/q-5;-1;. The minimum Gasteiger partial charge on any atom is -0.636 e. The summed E-state index contributed by atoms with van der Waals surface area (Å²) in [7, 11) is 0. The Kier molecular flexibility index (Phi) is 8.75. The van der Waals surface area contributed by atoms with Crippen molar-refractivity contribution in [1.82, 2.24) is 0 Å². The Morgan fingerprint density at radius 3 is 1.42 bits per heavy atom. The molecule has 0 bridgehead atoms. The second kappa shape index (κ2) is 10.7. The van der Waals surface area contributed by atoms with Gasteiger partial charge >= 0.3 is 0 Å². The van der Waals surface area contributed by atoms with Crippen molar-refractivity contribution in [2.75, 3.05) is 0 Å². The summed E-state index contributed by atoms with van der Waals surface area (Å²) in [5, 5.41) is 0. The van der Waals surface area contributed by atoms with Gasteiger partial charge in [0, 0.05) is 17.1 Å². The molecule has 1 heteroatoms. The molecule has 0 aromatic heterocycles. The Labute approximate surface area is 212 Å². The maximum absolute atomic E-state index is 2.27. The molecule has 0 N–H and O–H groups in total. The fraction of sp³-hybridized carbons (Fsp3) is 0.312. The SMILES string of the molecule is Cc1cc(C)c(-[c-]2[c-](C)[cH-][cH-][c-]2C)c(C)c1.Cc1cc(C)c(-c2c(C)cc[c-]2C)c(C)c1.[Fe]. The average molecular weight is 479 g/mol. The first kappa shape index (κ1) is 26.9. The van der Waals surface area contributed by atoms with Crippen LogP contribution < -0.4 is 0 Å². The molecular formula is C32H38Fe-6. The molecule has 0 unspecified atom stereocenters. The Morgan fingerprint density at radius 1 is 0.606 bits per heavy atom. The zero-order chi connectivity index (χ0) is 23.7. The summed E-state index contributed by atoms with van der Waals surface area (Å²) >= 11 is 0. The summed E-state index contributed by atoms with van der Waals surface area (Å²) in [4.78, 5) is 0. The van der Waals surface area contributed by atoms with E-state index < -0.39 is 0 Å². The molecule has 4 aromatic rings. The molecule has 0 amide bonds. The molecule has 4 aromatic carbocycles. The second-order valence-electron chi connectivity index (χ2n) is 9.70. The summed E-state index contributed by atoms with van der Waals surface area (Å²) in [6, 6.07) is 17.9. The molecule has 0 saturated heterocycles. The molecule has 0 nitrogen and oxygen atoms in total. The molecular weight excluding hydrogens is 440 g/mol. The van der Waals surface area contributed by atoms with Crippen LogP contribution in [0.4, 0.5) is 0 Å². The van der Waals surface area contributed by atoms with E-state index in [0.717, 1.165) is 0 Å². The van der Waals surface area contributed by atoms with Gasteiger partial charge in [0.25, 0.3) is 0 Å². The van der Waals surface area contributed by atoms with E-state index in [-0.39, 0.29) is 17.1 Å². The molecule has 0 atom stereocenters. The molecule has 0 fully saturated rings. The van der Waals surface area contributed by atoms with Gasteiger partial charge < -0.3 is 45.5 Å². The Hall–Kier alpha value is -2.34. The van der Waals surface area contributed by atoms with Gasteiger partial charge in [0.2, 0.25) is 0 Å². The van der Waals surface area contributed by atoms with Crippen LogP contribution in [-0.4, -0.2) is 0 Å². The zero-order valence-electron chi connectivity index (χ0n) is 22.0. The van der Waals surface area contributed by atoms with E-state index in [4.69, 9.17) is 0 Å². The van der Waals surface area contributed by atoms with Crippen LogP contribution in [-0.2, 0) is 17.1 Å². The second-order valence-corrected chi connectivity index (χ2v) is 9.70. The van der Waals surface area contributed by atoms with Gasteiger partial charge in [0.1, 0.15) is 0 Å². The maximum Gasteiger partial charge on any atom is 0 e. The summed E-state index contributed by atoms with van der Waals surface area (Å²) in [5.74, 6) is 0. The molecule has 33 heavy (non-hydrogen) atoms. The number of rotatable bonds is 2. The van der Waals surface area contributed by atoms with Crippen molar-refractivity contribution in [1.29, 1.82) is 0 Å². The van der Waals surface area contributed by atoms with Gasteiger partial charge in [0.15, 0.2) is 0 Å². The molecule has 4 rings (SSSR count). The van der Waals surface area contributed by atoms with E-state index in [9.17, 15) is 0 Å². The molecule has 0 aliphatic rings. The fourth-order valence-corrected chi connectivity index (χ4v) is 5.39. The smallest absolute Gasteiger partial charge is 0 e. The van der Waals surface area contributed by atoms with E-state index in [0.29, 0.717) is 0 Å². The number of aryl methyl sites for hydroxylation is 10. The average Bonchev–Trinajstić information content (AvgIpc) is 3.17. The van der Waals surface area contributed by atoms with Crippen molar-refractivity contribution >= 4 is 0 Å². The van der Waals surface area contributed by atoms with Gasteiger partial charge in [-0.3, -0.25) is 0 Å². The minimum absolute atomic E-state index is 0. The summed E-state index contributed by atoms with van der Waals surface area (Å²) in [6.07, 6.45) is 0. The van der Waals surface area contributed by atoms with Crippen molar-refractivity contribution in [2.45, 2.75) is 69.2 Å². The number of hydrogen-bond acceptors (Lipinski definition) is 0. The molecule has 180 valence electrons. The quantitative estimate of drug-likeness (QED) is 0.199. The van der Waals surface area contributed by atoms with Gasteiger partial charge in [0.05, 0.1) is 0 Å². The molecule has 0 saturated carbocycles. The third-order valence-electron chi connectivity index (χ3n) is 6.60. The van der Waals surface area contributed by atoms with Gasteiger partial charge in [-0.1, -0.05) is 53.8 Å². The van der Waals surface area contributed by atoms with E-state index in [1.54, 1.807) is 0 Å². The van der Waals surface area contributed by atoms with E-state index >= 15 is 0 Å². The first-order valence-electron chi connectivity index (χ1n) is 11.6. The fourth-order valence-electron chi connectivity index (χ4n) is 5.39. The van der Waals surface area contributed by atoms with Crippen molar-refractivity contribution in [3.63, 3.8) is 0 Å². The van der Waals surface area contributed by atoms with E-state index in [2.05, 4.69) is 118 Å². The zero-order valence-corrected chi connectivity index (χ0v) is 23.1. The Morgan fingerprint density at radius 2 is 1.03 bits per heavy atom. The van der Waals surface area contributed by atoms with Crippen molar-refractivity contribution in [3.8, 4) is 22.3 Å². The van der Waals surface area contributed by atoms with Crippen LogP contribution in [0.3, 0.4) is 0 Å². The molecule has 0 heterocycles. The van der Waals surface area contributed by atoms with Crippen molar-refractivity contribution in [2.24, 2.45) is 0 Å². The number of benzene rings is 2. The topological polar surface area (TPSA) is 0 Å². The van der Waals surface area contributed by atoms with Crippen LogP contribution in [0.25, 0.3) is 22.3 Å². The molecule has 0 spiro atoms. The van der Waals surface area contributed by atoms with Crippen LogP contribution in [0.15, 0.2) is 48.5 Å². The van der Waals surface area contributed by atoms with Gasteiger partial charge in [-0.2, -0.15) is 43.7 Å². The molecule has 0 radical (unpaired) electrons. The van der Waals surface area contributed by atoms with Crippen molar-refractivity contribution < 1.29 is 17.1 Å². The largest absolute Gasteiger partial charge is 0.636 e. The number of hydrogen-bond donors (Lipinski definition) is 0. The summed E-state index contributed by atoms with van der Waals surface area (Å²) < 4.78 is 0. The van der Waals surface area contributed by atoms with Gasteiger partial charge in [-0.15, -0.1) is 25.0 Å². The predicted molar refractivity (Wildman–Crippen MR) is 142 cm³/mol. The Balaban J connectivity index is 0.000000227. The molecule has 0 aliphatic heterocycles. The first-order valence-corrected chi connectivity index (χ1v) is 11.6. The van der Waals surface area contributed by atoms with E-state index in [1.807, 2.05) is 0 Å². The van der Waals surface area contributed by atoms with Crippen LogP contribution in [0.1, 0.15) is 55.6 Å². The minimum atomic E-state index is 0.